The molecule has 1 aromatic carbocycles. The van der Waals surface area contributed by atoms with Crippen molar-refractivity contribution >= 4 is 21.4 Å². The van der Waals surface area contributed by atoms with Gasteiger partial charge in [0.15, 0.2) is 9.84 Å². The largest absolute Gasteiger partial charge is 0.395 e. The third-order valence-corrected chi connectivity index (χ3v) is 5.66. The van der Waals surface area contributed by atoms with E-state index in [1.165, 1.54) is 25.1 Å². The van der Waals surface area contributed by atoms with Crippen molar-refractivity contribution in [2.24, 2.45) is 0 Å². The average Bonchev–Trinajstić information content (AvgIpc) is 2.29. The first-order valence-electron chi connectivity index (χ1n) is 5.10. The number of sulfone groups is 1. The molecule has 0 aliphatic heterocycles. The molecule has 3 nitrogen and oxygen atoms in total. The van der Waals surface area contributed by atoms with E-state index >= 15 is 0 Å². The lowest BCUT2D eigenvalue weighted by molar-refractivity contribution is 0.250. The fourth-order valence-electron chi connectivity index (χ4n) is 1.49. The van der Waals surface area contributed by atoms with E-state index in [-0.39, 0.29) is 16.3 Å². The first-order chi connectivity index (χ1) is 7.89. The van der Waals surface area contributed by atoms with Crippen LogP contribution in [0.2, 0.25) is 5.02 Å². The van der Waals surface area contributed by atoms with Crippen LogP contribution in [0.25, 0.3) is 0 Å². The molecular weight excluding hydrogens is 260 g/mol. The Morgan fingerprint density at radius 2 is 2.06 bits per heavy atom. The van der Waals surface area contributed by atoms with Crippen LogP contribution in [0.3, 0.4) is 0 Å². The van der Waals surface area contributed by atoms with Crippen molar-refractivity contribution in [1.29, 1.82) is 0 Å². The van der Waals surface area contributed by atoms with Crippen molar-refractivity contribution in [1.82, 2.24) is 0 Å². The summed E-state index contributed by atoms with van der Waals surface area (Å²) in [6.07, 6.45) is 1.64. The number of aliphatic hydroxyl groups is 1. The maximum atomic E-state index is 12.4. The molecular formula is C12H15ClO3S. The maximum absolute atomic E-state index is 12.4. The van der Waals surface area contributed by atoms with Crippen molar-refractivity contribution in [2.75, 3.05) is 6.61 Å². The van der Waals surface area contributed by atoms with Crippen LogP contribution in [0.1, 0.15) is 13.3 Å². The van der Waals surface area contributed by atoms with E-state index in [1.807, 2.05) is 0 Å². The highest BCUT2D eigenvalue weighted by molar-refractivity contribution is 7.93. The van der Waals surface area contributed by atoms with E-state index in [1.54, 1.807) is 12.1 Å². The summed E-state index contributed by atoms with van der Waals surface area (Å²) in [4.78, 5) is 0.0417. The summed E-state index contributed by atoms with van der Waals surface area (Å²) in [5.41, 5.74) is 0. The number of halogens is 1. The van der Waals surface area contributed by atoms with E-state index in [2.05, 4.69) is 6.58 Å². The smallest absolute Gasteiger partial charge is 0.187 e. The lowest BCUT2D eigenvalue weighted by Crippen LogP contribution is -2.38. The Morgan fingerprint density at radius 1 is 1.47 bits per heavy atom. The fraction of sp³-hybridized carbons (Fsp3) is 0.333. The molecule has 0 heterocycles. The Labute approximate surface area is 107 Å². The summed E-state index contributed by atoms with van der Waals surface area (Å²) in [6.45, 7) is 4.51. The van der Waals surface area contributed by atoms with Gasteiger partial charge in [0, 0.05) is 0 Å². The molecule has 0 amide bonds. The maximum Gasteiger partial charge on any atom is 0.187 e. The summed E-state index contributed by atoms with van der Waals surface area (Å²) in [6, 6.07) is 6.21. The van der Waals surface area contributed by atoms with Gasteiger partial charge in [0.1, 0.15) is 4.75 Å². The van der Waals surface area contributed by atoms with E-state index in [0.29, 0.717) is 0 Å². The van der Waals surface area contributed by atoms with Gasteiger partial charge < -0.3 is 5.11 Å². The van der Waals surface area contributed by atoms with E-state index in [0.717, 1.165) is 0 Å². The second kappa shape index (κ2) is 5.21. The van der Waals surface area contributed by atoms with E-state index < -0.39 is 21.2 Å². The molecule has 1 unspecified atom stereocenters. The summed E-state index contributed by atoms with van der Waals surface area (Å²) < 4.78 is 23.5. The van der Waals surface area contributed by atoms with Crippen molar-refractivity contribution in [3.05, 3.63) is 41.9 Å². The molecule has 0 saturated heterocycles. The minimum absolute atomic E-state index is 0.0417. The molecule has 0 aliphatic carbocycles. The van der Waals surface area contributed by atoms with Crippen molar-refractivity contribution in [3.8, 4) is 0 Å². The summed E-state index contributed by atoms with van der Waals surface area (Å²) >= 11 is 5.89. The highest BCUT2D eigenvalue weighted by Gasteiger charge is 2.39. The SMILES string of the molecule is C=CCC(C)(CO)S(=O)(=O)c1ccccc1Cl. The molecule has 1 rings (SSSR count). The van der Waals surface area contributed by atoms with Crippen LogP contribution in [0.4, 0.5) is 0 Å². The third-order valence-electron chi connectivity index (χ3n) is 2.69. The van der Waals surface area contributed by atoms with E-state index in [4.69, 9.17) is 11.6 Å². The minimum atomic E-state index is -3.70. The second-order valence-corrected chi connectivity index (χ2v) is 6.87. The predicted octanol–water partition coefficient (Wildman–Crippen LogP) is 2.44. The van der Waals surface area contributed by atoms with Gasteiger partial charge in [0.05, 0.1) is 16.5 Å². The molecule has 0 bridgehead atoms. The molecule has 1 N–H and O–H groups in total. The Morgan fingerprint density at radius 3 is 2.53 bits per heavy atom. The monoisotopic (exact) mass is 274 g/mol. The van der Waals surface area contributed by atoms with Gasteiger partial charge in [-0.3, -0.25) is 0 Å². The Hall–Kier alpha value is -0.840. The number of aliphatic hydroxyl groups excluding tert-OH is 1. The standard InChI is InChI=1S/C12H15ClO3S/c1-3-8-12(2,9-14)17(15,16)11-7-5-4-6-10(11)13/h3-7,14H,1,8-9H2,2H3. The number of hydrogen-bond acceptors (Lipinski definition) is 3. The molecule has 0 saturated carbocycles. The summed E-state index contributed by atoms with van der Waals surface area (Å²) in [7, 11) is -3.70. The fourth-order valence-corrected chi connectivity index (χ4v) is 3.55. The van der Waals surface area contributed by atoms with Gasteiger partial charge in [-0.05, 0) is 25.5 Å². The molecule has 0 radical (unpaired) electrons. The number of allylic oxidation sites excluding steroid dienone is 1. The van der Waals surface area contributed by atoms with Gasteiger partial charge in [-0.2, -0.15) is 0 Å². The van der Waals surface area contributed by atoms with Crippen LogP contribution >= 0.6 is 11.6 Å². The van der Waals surface area contributed by atoms with Gasteiger partial charge in [0.2, 0.25) is 0 Å². The minimum Gasteiger partial charge on any atom is -0.395 e. The zero-order valence-electron chi connectivity index (χ0n) is 9.56. The van der Waals surface area contributed by atoms with Gasteiger partial charge in [0.25, 0.3) is 0 Å². The highest BCUT2D eigenvalue weighted by atomic mass is 35.5. The zero-order chi connectivity index (χ0) is 13.1. The molecule has 1 atom stereocenters. The molecule has 1 aromatic rings. The normalized spacial score (nSPS) is 15.2. The van der Waals surface area contributed by atoms with Gasteiger partial charge >= 0.3 is 0 Å². The Kier molecular flexibility index (Phi) is 4.36. The van der Waals surface area contributed by atoms with Crippen LogP contribution in [-0.4, -0.2) is 24.9 Å². The predicted molar refractivity (Wildman–Crippen MR) is 68.9 cm³/mol. The van der Waals surface area contributed by atoms with Crippen LogP contribution < -0.4 is 0 Å². The molecule has 0 aliphatic rings. The number of benzene rings is 1. The molecule has 0 fully saturated rings. The van der Waals surface area contributed by atoms with Crippen LogP contribution in [0.5, 0.6) is 0 Å². The highest BCUT2D eigenvalue weighted by Crippen LogP contribution is 2.32. The van der Waals surface area contributed by atoms with Crippen molar-refractivity contribution in [2.45, 2.75) is 23.0 Å². The zero-order valence-corrected chi connectivity index (χ0v) is 11.1. The number of rotatable bonds is 5. The van der Waals surface area contributed by atoms with Gasteiger partial charge in [-0.25, -0.2) is 8.42 Å². The molecule has 94 valence electrons. The van der Waals surface area contributed by atoms with Gasteiger partial charge in [-0.1, -0.05) is 29.8 Å². The van der Waals surface area contributed by atoms with Crippen LogP contribution in [0, 0.1) is 0 Å². The number of hydrogen-bond donors (Lipinski definition) is 1. The first kappa shape index (κ1) is 14.2. The van der Waals surface area contributed by atoms with Gasteiger partial charge in [-0.15, -0.1) is 6.58 Å². The topological polar surface area (TPSA) is 54.4 Å². The summed E-state index contributed by atoms with van der Waals surface area (Å²) in [5.74, 6) is 0. The average molecular weight is 275 g/mol. The Bertz CT molecular complexity index is 510. The molecule has 0 spiro atoms. The second-order valence-electron chi connectivity index (χ2n) is 4.03. The molecule has 0 aromatic heterocycles. The quantitative estimate of drug-likeness (QED) is 0.839. The molecule has 17 heavy (non-hydrogen) atoms. The van der Waals surface area contributed by atoms with Crippen molar-refractivity contribution in [3.63, 3.8) is 0 Å². The van der Waals surface area contributed by atoms with Crippen LogP contribution in [-0.2, 0) is 9.84 Å². The van der Waals surface area contributed by atoms with E-state index in [9.17, 15) is 13.5 Å². The Balaban J connectivity index is 3.37. The van der Waals surface area contributed by atoms with Crippen LogP contribution in [0.15, 0.2) is 41.8 Å². The van der Waals surface area contributed by atoms with Crippen molar-refractivity contribution < 1.29 is 13.5 Å². The first-order valence-corrected chi connectivity index (χ1v) is 6.96. The molecule has 5 heteroatoms. The summed E-state index contributed by atoms with van der Waals surface area (Å²) in [5, 5.41) is 9.50. The lowest BCUT2D eigenvalue weighted by atomic mass is 10.1. The third kappa shape index (κ3) is 2.54. The lowest BCUT2D eigenvalue weighted by Gasteiger charge is -2.26.